The SMILES string of the molecule is CCCCCCCC/C=C\CCCCCCCCCCCC(=O)OCCCCCCCCCCCCCCCC/C=C\CCCCCCCCCCCCCCCCCCCC(=O)NC(CO)C(O)CCCCCCCCCCCCCCC. The van der Waals surface area contributed by atoms with Crippen molar-refractivity contribution in [3.05, 3.63) is 24.3 Å². The molecular formula is C78H151NO5. The number of amides is 1. The van der Waals surface area contributed by atoms with Crippen LogP contribution < -0.4 is 5.32 Å². The molecule has 0 spiro atoms. The lowest BCUT2D eigenvalue weighted by Crippen LogP contribution is -2.45. The van der Waals surface area contributed by atoms with Crippen molar-refractivity contribution in [3.8, 4) is 0 Å². The number of hydrogen-bond acceptors (Lipinski definition) is 5. The average molecular weight is 1180 g/mol. The first-order valence-electron chi connectivity index (χ1n) is 38.6. The van der Waals surface area contributed by atoms with Crippen LogP contribution in [0.4, 0.5) is 0 Å². The van der Waals surface area contributed by atoms with Gasteiger partial charge in [-0.1, -0.05) is 372 Å². The molecular weight excluding hydrogens is 1030 g/mol. The Kier molecular flexibility index (Phi) is 72.3. The molecule has 2 atom stereocenters. The molecule has 0 saturated carbocycles. The van der Waals surface area contributed by atoms with E-state index < -0.39 is 12.1 Å². The summed E-state index contributed by atoms with van der Waals surface area (Å²) >= 11 is 0. The summed E-state index contributed by atoms with van der Waals surface area (Å²) in [6.07, 6.45) is 94.1. The van der Waals surface area contributed by atoms with Crippen LogP contribution in [0.15, 0.2) is 24.3 Å². The molecule has 0 aliphatic rings. The molecule has 0 rings (SSSR count). The van der Waals surface area contributed by atoms with E-state index >= 15 is 0 Å². The Morgan fingerprint density at radius 3 is 0.845 bits per heavy atom. The van der Waals surface area contributed by atoms with Crippen molar-refractivity contribution < 1.29 is 24.5 Å². The molecule has 6 heteroatoms. The number of esters is 1. The summed E-state index contributed by atoms with van der Waals surface area (Å²) in [6, 6.07) is -0.538. The van der Waals surface area contributed by atoms with E-state index in [0.717, 1.165) is 38.5 Å². The Morgan fingerprint density at radius 1 is 0.321 bits per heavy atom. The lowest BCUT2D eigenvalue weighted by atomic mass is 10.0. The first kappa shape index (κ1) is 82.3. The van der Waals surface area contributed by atoms with E-state index in [0.29, 0.717) is 25.9 Å². The van der Waals surface area contributed by atoms with Crippen LogP contribution in [0.2, 0.25) is 0 Å². The normalized spacial score (nSPS) is 12.6. The number of rotatable bonds is 73. The molecule has 0 aromatic carbocycles. The van der Waals surface area contributed by atoms with E-state index in [1.165, 1.54) is 366 Å². The molecule has 0 heterocycles. The van der Waals surface area contributed by atoms with Gasteiger partial charge in [0.15, 0.2) is 0 Å². The molecule has 6 nitrogen and oxygen atoms in total. The molecule has 84 heavy (non-hydrogen) atoms. The monoisotopic (exact) mass is 1180 g/mol. The maximum Gasteiger partial charge on any atom is 0.305 e. The van der Waals surface area contributed by atoms with Gasteiger partial charge in [-0.25, -0.2) is 0 Å². The Hall–Kier alpha value is -1.66. The first-order valence-corrected chi connectivity index (χ1v) is 38.6. The van der Waals surface area contributed by atoms with Crippen molar-refractivity contribution in [2.45, 2.75) is 450 Å². The second kappa shape index (κ2) is 73.8. The molecule has 3 N–H and O–H groups in total. The number of allylic oxidation sites excluding steroid dienone is 4. The number of aliphatic hydroxyl groups excluding tert-OH is 2. The standard InChI is InChI=1S/C78H151NO5/c1-3-5-7-9-11-13-15-17-18-19-37-41-44-48-52-56-60-64-68-72-78(83)84-73-69-65-61-57-53-49-45-42-39-36-34-32-30-28-26-24-22-20-21-23-25-27-29-31-33-35-38-40-43-47-51-55-59-63-67-71-77(82)79-75(74-80)76(81)70-66-62-58-54-50-46-16-14-12-10-8-6-4-2/h17-18,22,24,75-76,80-81H,3-16,19-21,23,25-74H2,1-2H3,(H,79,82)/b18-17-,24-22-. The summed E-state index contributed by atoms with van der Waals surface area (Å²) in [7, 11) is 0. The van der Waals surface area contributed by atoms with Crippen LogP contribution in [-0.2, 0) is 14.3 Å². The average Bonchev–Trinajstić information content (AvgIpc) is 3.54. The number of unbranched alkanes of at least 4 members (excludes halogenated alkanes) is 58. The Balaban J connectivity index is 3.31. The molecule has 0 aliphatic heterocycles. The predicted octanol–water partition coefficient (Wildman–Crippen LogP) is 25.3. The fraction of sp³-hybridized carbons (Fsp3) is 0.923. The highest BCUT2D eigenvalue weighted by Crippen LogP contribution is 2.19. The van der Waals surface area contributed by atoms with Crippen LogP contribution >= 0.6 is 0 Å². The van der Waals surface area contributed by atoms with Crippen molar-refractivity contribution in [1.82, 2.24) is 5.32 Å². The first-order chi connectivity index (χ1) is 41.5. The Morgan fingerprint density at radius 2 is 0.560 bits per heavy atom. The third-order valence-corrected chi connectivity index (χ3v) is 18.2. The summed E-state index contributed by atoms with van der Waals surface area (Å²) in [5.74, 6) is -0.00824. The minimum absolute atomic E-state index is 0.0207. The third-order valence-electron chi connectivity index (χ3n) is 18.2. The second-order valence-corrected chi connectivity index (χ2v) is 26.7. The molecule has 0 bridgehead atoms. The minimum Gasteiger partial charge on any atom is -0.466 e. The summed E-state index contributed by atoms with van der Waals surface area (Å²) in [5, 5.41) is 23.3. The van der Waals surface area contributed by atoms with Gasteiger partial charge in [0.05, 0.1) is 25.4 Å². The quantitative estimate of drug-likeness (QED) is 0.0320. The highest BCUT2D eigenvalue weighted by molar-refractivity contribution is 5.76. The molecule has 2 unspecified atom stereocenters. The zero-order chi connectivity index (χ0) is 60.6. The summed E-state index contributed by atoms with van der Waals surface area (Å²) in [5.41, 5.74) is 0. The number of carbonyl (C=O) groups is 2. The van der Waals surface area contributed by atoms with E-state index in [2.05, 4.69) is 43.5 Å². The van der Waals surface area contributed by atoms with Crippen LogP contribution in [0.3, 0.4) is 0 Å². The summed E-state index contributed by atoms with van der Waals surface area (Å²) in [6.45, 7) is 4.99. The van der Waals surface area contributed by atoms with Crippen LogP contribution in [0.5, 0.6) is 0 Å². The third kappa shape index (κ3) is 69.4. The molecule has 498 valence electrons. The lowest BCUT2D eigenvalue weighted by molar-refractivity contribution is -0.143. The highest BCUT2D eigenvalue weighted by Gasteiger charge is 2.20. The van der Waals surface area contributed by atoms with E-state index in [-0.39, 0.29) is 18.5 Å². The molecule has 0 fully saturated rings. The largest absolute Gasteiger partial charge is 0.466 e. The maximum atomic E-state index is 12.5. The van der Waals surface area contributed by atoms with Crippen molar-refractivity contribution in [1.29, 1.82) is 0 Å². The smallest absolute Gasteiger partial charge is 0.305 e. The van der Waals surface area contributed by atoms with Crippen LogP contribution in [0.1, 0.15) is 438 Å². The van der Waals surface area contributed by atoms with Crippen molar-refractivity contribution >= 4 is 11.9 Å². The number of nitrogens with one attached hydrogen (secondary N) is 1. The van der Waals surface area contributed by atoms with Crippen molar-refractivity contribution in [3.63, 3.8) is 0 Å². The van der Waals surface area contributed by atoms with Crippen LogP contribution in [0, 0.1) is 0 Å². The molecule has 0 aromatic rings. The predicted molar refractivity (Wildman–Crippen MR) is 370 cm³/mol. The van der Waals surface area contributed by atoms with Gasteiger partial charge in [-0.05, 0) is 77.0 Å². The maximum absolute atomic E-state index is 12.5. The van der Waals surface area contributed by atoms with E-state index in [9.17, 15) is 19.8 Å². The molecule has 0 saturated heterocycles. The topological polar surface area (TPSA) is 95.9 Å². The fourth-order valence-corrected chi connectivity index (χ4v) is 12.3. The lowest BCUT2D eigenvalue weighted by Gasteiger charge is -2.22. The summed E-state index contributed by atoms with van der Waals surface area (Å²) in [4.78, 5) is 24.6. The molecule has 0 aliphatic carbocycles. The fourth-order valence-electron chi connectivity index (χ4n) is 12.3. The van der Waals surface area contributed by atoms with Gasteiger partial charge in [0, 0.05) is 12.8 Å². The van der Waals surface area contributed by atoms with Crippen molar-refractivity contribution in [2.24, 2.45) is 0 Å². The van der Waals surface area contributed by atoms with Gasteiger partial charge >= 0.3 is 5.97 Å². The molecule has 1 amide bonds. The Labute approximate surface area is 526 Å². The van der Waals surface area contributed by atoms with Gasteiger partial charge in [-0.2, -0.15) is 0 Å². The van der Waals surface area contributed by atoms with Gasteiger partial charge in [-0.15, -0.1) is 0 Å². The van der Waals surface area contributed by atoms with Gasteiger partial charge in [0.25, 0.3) is 0 Å². The number of carbonyl (C=O) groups excluding carboxylic acids is 2. The van der Waals surface area contributed by atoms with Gasteiger partial charge in [-0.3, -0.25) is 9.59 Å². The minimum atomic E-state index is -0.661. The number of aliphatic hydroxyl groups is 2. The van der Waals surface area contributed by atoms with Crippen LogP contribution in [0.25, 0.3) is 0 Å². The number of hydrogen-bond donors (Lipinski definition) is 3. The van der Waals surface area contributed by atoms with Crippen molar-refractivity contribution in [2.75, 3.05) is 13.2 Å². The summed E-state index contributed by atoms with van der Waals surface area (Å²) < 4.78 is 5.52. The zero-order valence-electron chi connectivity index (χ0n) is 57.2. The van der Waals surface area contributed by atoms with E-state index in [4.69, 9.17) is 4.74 Å². The highest BCUT2D eigenvalue weighted by atomic mass is 16.5. The zero-order valence-corrected chi connectivity index (χ0v) is 57.2. The Bertz CT molecular complexity index is 1320. The molecule has 0 aromatic heterocycles. The van der Waals surface area contributed by atoms with E-state index in [1.807, 2.05) is 0 Å². The second-order valence-electron chi connectivity index (χ2n) is 26.7. The van der Waals surface area contributed by atoms with Gasteiger partial charge in [0.1, 0.15) is 0 Å². The van der Waals surface area contributed by atoms with Crippen LogP contribution in [-0.4, -0.2) is 47.4 Å². The molecule has 0 radical (unpaired) electrons. The van der Waals surface area contributed by atoms with Gasteiger partial charge < -0.3 is 20.3 Å². The van der Waals surface area contributed by atoms with Gasteiger partial charge in [0.2, 0.25) is 5.91 Å². The number of ether oxygens (including phenoxy) is 1. The van der Waals surface area contributed by atoms with E-state index in [1.54, 1.807) is 0 Å².